The number of methoxy groups -OCH3 is 4. The lowest BCUT2D eigenvalue weighted by molar-refractivity contribution is -0.355. The molecule has 212 valence electrons. The molecule has 0 N–H and O–H groups in total. The molecule has 37 heavy (non-hydrogen) atoms. The van der Waals surface area contributed by atoms with Crippen molar-refractivity contribution in [2.24, 2.45) is 0 Å². The second-order valence-corrected chi connectivity index (χ2v) is 10.1. The van der Waals surface area contributed by atoms with Crippen LogP contribution in [-0.2, 0) is 33.3 Å². The monoisotopic (exact) mass is 538 g/mol. The maximum Gasteiger partial charge on any atom is 0.373 e. The molecule has 0 saturated carbocycles. The van der Waals surface area contributed by atoms with E-state index in [0.717, 1.165) is 56.9 Å². The number of rotatable bonds is 19. The Morgan fingerprint density at radius 1 is 0.892 bits per heavy atom. The Morgan fingerprint density at radius 2 is 1.51 bits per heavy atom. The first-order chi connectivity index (χ1) is 17.8. The molecule has 0 fully saturated rings. The summed E-state index contributed by atoms with van der Waals surface area (Å²) in [4.78, 5) is 22.9. The van der Waals surface area contributed by atoms with Crippen molar-refractivity contribution in [1.29, 1.82) is 0 Å². The summed E-state index contributed by atoms with van der Waals surface area (Å²) >= 11 is 0. The predicted octanol–water partition coefficient (Wildman–Crippen LogP) is 5.39. The lowest BCUT2D eigenvalue weighted by Gasteiger charge is -2.28. The van der Waals surface area contributed by atoms with Gasteiger partial charge in [-0.3, -0.25) is 0 Å². The number of benzene rings is 1. The van der Waals surface area contributed by atoms with Gasteiger partial charge in [0.25, 0.3) is 5.97 Å². The molecule has 0 heterocycles. The smallest absolute Gasteiger partial charge is 0.373 e. The topological polar surface area (TPSA) is 80.3 Å². The van der Waals surface area contributed by atoms with E-state index in [4.69, 9.17) is 23.7 Å². The number of carbonyl (C=O) groups excluding carboxylic acids is 2. The molecule has 1 rings (SSSR count). The third kappa shape index (κ3) is 16.5. The maximum atomic E-state index is 12.2. The van der Waals surface area contributed by atoms with E-state index in [1.165, 1.54) is 20.0 Å². The van der Waals surface area contributed by atoms with E-state index < -0.39 is 5.97 Å². The Labute approximate surface area is 227 Å². The van der Waals surface area contributed by atoms with Crippen molar-refractivity contribution in [1.82, 2.24) is 0 Å². The van der Waals surface area contributed by atoms with Gasteiger partial charge in [0.15, 0.2) is 0 Å². The molecule has 7 nitrogen and oxygen atoms in total. The minimum Gasteiger partial charge on any atom is -0.490 e. The number of ether oxygens (including phenoxy) is 5. The first kappa shape index (κ1) is 35.0. The van der Waals surface area contributed by atoms with E-state index >= 15 is 0 Å². The van der Waals surface area contributed by atoms with Gasteiger partial charge < -0.3 is 28.5 Å². The first-order valence-electron chi connectivity index (χ1n) is 13.5. The van der Waals surface area contributed by atoms with Crippen LogP contribution in [0.3, 0.4) is 0 Å². The van der Waals surface area contributed by atoms with Gasteiger partial charge in [-0.05, 0) is 43.7 Å². The summed E-state index contributed by atoms with van der Waals surface area (Å²) in [5.74, 6) is -1.03. The number of hydrogen-bond acceptors (Lipinski definition) is 7. The number of hydrogen-bond donors (Lipinski definition) is 0. The van der Waals surface area contributed by atoms with Crippen LogP contribution in [-0.4, -0.2) is 62.1 Å². The van der Waals surface area contributed by atoms with E-state index in [9.17, 15) is 9.59 Å². The fraction of sp³-hybridized carbons (Fsp3) is 0.655. The van der Waals surface area contributed by atoms with Gasteiger partial charge >= 0.3 is 5.97 Å². The van der Waals surface area contributed by atoms with E-state index in [0.29, 0.717) is 22.1 Å². The molecule has 0 aliphatic rings. The summed E-state index contributed by atoms with van der Waals surface area (Å²) in [6, 6.07) is 9.62. The van der Waals surface area contributed by atoms with Gasteiger partial charge in [-0.2, -0.15) is 0 Å². The molecule has 0 aromatic heterocycles. The van der Waals surface area contributed by atoms with Gasteiger partial charge in [0.2, 0.25) is 5.76 Å². The normalized spacial score (nSPS) is 12.4. The van der Waals surface area contributed by atoms with Crippen LogP contribution in [0.2, 0.25) is 0 Å². The zero-order valence-corrected chi connectivity index (χ0v) is 26.2. The van der Waals surface area contributed by atoms with Crippen LogP contribution in [0.1, 0.15) is 90.0 Å². The summed E-state index contributed by atoms with van der Waals surface area (Å²) in [6.45, 7) is 4.20. The molecule has 0 saturated heterocycles. The molecule has 1 aromatic carbocycles. The molecule has 0 radical (unpaired) electrons. The first-order valence-corrected chi connectivity index (χ1v) is 14.5. The fourth-order valence-electron chi connectivity index (χ4n) is 3.70. The lowest BCUT2D eigenvalue weighted by Crippen LogP contribution is -2.35. The summed E-state index contributed by atoms with van der Waals surface area (Å²) < 4.78 is 26.3. The molecule has 0 aliphatic carbocycles. The highest BCUT2D eigenvalue weighted by Crippen LogP contribution is 2.21. The van der Waals surface area contributed by atoms with Crippen molar-refractivity contribution in [3.63, 3.8) is 0 Å². The highest BCUT2D eigenvalue weighted by molar-refractivity contribution is 6.57. The van der Waals surface area contributed by atoms with Crippen molar-refractivity contribution in [3.05, 3.63) is 41.7 Å². The third-order valence-electron chi connectivity index (χ3n) is 6.07. The van der Waals surface area contributed by atoms with Crippen LogP contribution in [0, 0.1) is 0 Å². The van der Waals surface area contributed by atoms with Crippen molar-refractivity contribution in [2.75, 3.05) is 28.4 Å². The van der Waals surface area contributed by atoms with Gasteiger partial charge in [-0.25, -0.2) is 4.79 Å². The molecule has 8 heteroatoms. The molecule has 0 aliphatic heterocycles. The SMILES string of the molecule is CCCCCC(CC)OC(=O)C(=Cc1ccccc1)OC.COC(CCCCCCC(=O)[SiH3])(OC)OC. The Bertz CT molecular complexity index is 740. The molecule has 1 atom stereocenters. The van der Waals surface area contributed by atoms with E-state index in [1.807, 2.05) is 37.3 Å². The molecule has 0 amide bonds. The van der Waals surface area contributed by atoms with Crippen LogP contribution in [0.4, 0.5) is 0 Å². The predicted molar refractivity (Wildman–Crippen MR) is 152 cm³/mol. The number of esters is 1. The van der Waals surface area contributed by atoms with Crippen molar-refractivity contribution >= 4 is 27.7 Å². The van der Waals surface area contributed by atoms with Crippen LogP contribution in [0.5, 0.6) is 0 Å². The van der Waals surface area contributed by atoms with Crippen LogP contribution in [0.25, 0.3) is 6.08 Å². The maximum absolute atomic E-state index is 12.2. The summed E-state index contributed by atoms with van der Waals surface area (Å²) in [5, 5.41) is 0.403. The third-order valence-corrected chi connectivity index (χ3v) is 6.57. The fourth-order valence-corrected chi connectivity index (χ4v) is 4.06. The number of carbonyl (C=O) groups is 2. The van der Waals surface area contributed by atoms with E-state index in [-0.39, 0.29) is 17.8 Å². The van der Waals surface area contributed by atoms with Crippen molar-refractivity contribution in [2.45, 2.75) is 96.6 Å². The average molecular weight is 539 g/mol. The zero-order valence-electron chi connectivity index (χ0n) is 24.2. The molecular weight excluding hydrogens is 488 g/mol. The van der Waals surface area contributed by atoms with Crippen LogP contribution < -0.4 is 0 Å². The molecule has 1 unspecified atom stereocenters. The molecule has 1 aromatic rings. The van der Waals surface area contributed by atoms with Crippen LogP contribution in [0.15, 0.2) is 36.1 Å². The zero-order chi connectivity index (χ0) is 27.9. The average Bonchev–Trinajstić information content (AvgIpc) is 2.92. The van der Waals surface area contributed by atoms with Gasteiger partial charge in [-0.1, -0.05) is 69.9 Å². The summed E-state index contributed by atoms with van der Waals surface area (Å²) in [7, 11) is 6.91. The quantitative estimate of drug-likeness (QED) is 0.0583. The van der Waals surface area contributed by atoms with E-state index in [1.54, 1.807) is 27.4 Å². The Balaban J connectivity index is 0.000000730. The van der Waals surface area contributed by atoms with Crippen molar-refractivity contribution in [3.8, 4) is 0 Å². The second kappa shape index (κ2) is 22.0. The Kier molecular flexibility index (Phi) is 20.8. The standard InChI is InChI=1S/C18H26O3.C11H24O4Si/c1-4-6-8-13-16(5-2)21-18(19)17(20-3)14-15-11-9-7-10-12-15;1-13-11(14-2,15-3)9-7-5-4-6-8-10(12)16/h7,9-12,14,16H,4-6,8,13H2,1-3H3;4-9H2,1-3,16H3. The van der Waals surface area contributed by atoms with Gasteiger partial charge in [0.1, 0.15) is 11.5 Å². The minimum atomic E-state index is -0.895. The van der Waals surface area contributed by atoms with Crippen LogP contribution >= 0.6 is 0 Å². The Hall–Kier alpha value is -2.00. The largest absolute Gasteiger partial charge is 0.490 e. The summed E-state index contributed by atoms with van der Waals surface area (Å²) in [6.07, 6.45) is 12.5. The number of unbranched alkanes of at least 4 members (excludes halogenated alkanes) is 5. The Morgan fingerprint density at radius 3 is 2.03 bits per heavy atom. The summed E-state index contributed by atoms with van der Waals surface area (Å²) in [5.41, 5.74) is 0.922. The second-order valence-electron chi connectivity index (χ2n) is 8.97. The lowest BCUT2D eigenvalue weighted by atomic mass is 10.1. The van der Waals surface area contributed by atoms with E-state index in [2.05, 4.69) is 6.92 Å². The van der Waals surface area contributed by atoms with Gasteiger partial charge in [0.05, 0.1) is 17.4 Å². The van der Waals surface area contributed by atoms with Gasteiger partial charge in [0, 0.05) is 34.2 Å². The van der Waals surface area contributed by atoms with Gasteiger partial charge in [-0.15, -0.1) is 0 Å². The highest BCUT2D eigenvalue weighted by Gasteiger charge is 2.28. The van der Waals surface area contributed by atoms with Crippen molar-refractivity contribution < 1.29 is 33.3 Å². The molecule has 0 spiro atoms. The molecule has 0 bridgehead atoms. The minimum absolute atomic E-state index is 0.0293. The highest BCUT2D eigenvalue weighted by atomic mass is 28.1. The molecular formula is C29H50O7Si.